The van der Waals surface area contributed by atoms with Crippen LogP contribution >= 0.6 is 36.2 Å². The zero-order valence-electron chi connectivity index (χ0n) is 12.3. The van der Waals surface area contributed by atoms with E-state index in [9.17, 15) is 9.18 Å². The first-order valence-electron chi connectivity index (χ1n) is 7.00. The fourth-order valence-electron chi connectivity index (χ4n) is 2.33. The molecule has 3 rings (SSSR count). The third-order valence-corrected chi connectivity index (χ3v) is 4.50. The number of amides is 1. The smallest absolute Gasteiger partial charge is 0.267 e. The Hall–Kier alpha value is -1.37. The number of aromatic nitrogens is 1. The molecule has 4 nitrogen and oxygen atoms in total. The minimum atomic E-state index is -0.321. The number of thiazole rings is 1. The monoisotopic (exact) mass is 377 g/mol. The fraction of sp³-hybridized carbons (Fsp3) is 0.333. The van der Waals surface area contributed by atoms with E-state index >= 15 is 0 Å². The Morgan fingerprint density at radius 2 is 1.78 bits per heavy atom. The quantitative estimate of drug-likeness (QED) is 0.863. The van der Waals surface area contributed by atoms with Crippen LogP contribution in [0, 0.1) is 5.82 Å². The van der Waals surface area contributed by atoms with Crippen LogP contribution in [0.1, 0.15) is 28.9 Å². The Kier molecular flexibility index (Phi) is 7.75. The van der Waals surface area contributed by atoms with E-state index < -0.39 is 0 Å². The number of hydrogen-bond donors (Lipinski definition) is 1. The molecule has 1 aliphatic rings. The first kappa shape index (κ1) is 19.7. The van der Waals surface area contributed by atoms with Gasteiger partial charge >= 0.3 is 0 Å². The van der Waals surface area contributed by atoms with E-state index in [4.69, 9.17) is 0 Å². The SMILES string of the molecule is Cl.Cl.O=C(Nc1ccc(F)cc1)c1cnc(N2CCCCC2)s1. The van der Waals surface area contributed by atoms with E-state index in [1.54, 1.807) is 18.3 Å². The Bertz CT molecular complexity index is 630. The third-order valence-electron chi connectivity index (χ3n) is 3.45. The molecular formula is C15H18Cl2FN3OS. The average molecular weight is 378 g/mol. The van der Waals surface area contributed by atoms with Gasteiger partial charge in [-0.25, -0.2) is 9.37 Å². The first-order chi connectivity index (χ1) is 10.2. The zero-order chi connectivity index (χ0) is 14.7. The molecule has 8 heteroatoms. The van der Waals surface area contributed by atoms with E-state index in [1.807, 2.05) is 0 Å². The lowest BCUT2D eigenvalue weighted by atomic mass is 10.1. The van der Waals surface area contributed by atoms with Gasteiger partial charge in [-0.1, -0.05) is 11.3 Å². The van der Waals surface area contributed by atoms with Crippen LogP contribution in [0.5, 0.6) is 0 Å². The summed E-state index contributed by atoms with van der Waals surface area (Å²) in [5, 5.41) is 3.65. The predicted octanol–water partition coefficient (Wildman–Crippen LogP) is 4.37. The Balaban J connectivity index is 0.00000132. The summed E-state index contributed by atoms with van der Waals surface area (Å²) in [6, 6.07) is 5.72. The maximum Gasteiger partial charge on any atom is 0.267 e. The summed E-state index contributed by atoms with van der Waals surface area (Å²) in [5.74, 6) is -0.527. The maximum atomic E-state index is 12.8. The molecule has 0 unspecified atom stereocenters. The molecule has 1 fully saturated rings. The van der Waals surface area contributed by atoms with Crippen LogP contribution in [0.25, 0.3) is 0 Å². The number of hydrogen-bond acceptors (Lipinski definition) is 4. The highest BCUT2D eigenvalue weighted by atomic mass is 35.5. The van der Waals surface area contributed by atoms with Gasteiger partial charge in [-0.2, -0.15) is 0 Å². The summed E-state index contributed by atoms with van der Waals surface area (Å²) in [4.78, 5) is 19.3. The van der Waals surface area contributed by atoms with Gasteiger partial charge in [0.2, 0.25) is 0 Å². The van der Waals surface area contributed by atoms with Crippen LogP contribution in [0.2, 0.25) is 0 Å². The van der Waals surface area contributed by atoms with Crippen LogP contribution in [-0.4, -0.2) is 24.0 Å². The van der Waals surface area contributed by atoms with Gasteiger partial charge in [0.05, 0.1) is 6.20 Å². The highest BCUT2D eigenvalue weighted by Crippen LogP contribution is 2.26. The number of piperidine rings is 1. The molecule has 1 saturated heterocycles. The molecule has 2 heterocycles. The van der Waals surface area contributed by atoms with Crippen LogP contribution in [0.4, 0.5) is 15.2 Å². The van der Waals surface area contributed by atoms with Gasteiger partial charge in [-0.05, 0) is 43.5 Å². The number of carbonyl (C=O) groups is 1. The second-order valence-electron chi connectivity index (χ2n) is 5.02. The lowest BCUT2D eigenvalue weighted by molar-refractivity contribution is 0.103. The molecule has 1 aliphatic heterocycles. The number of halogens is 3. The summed E-state index contributed by atoms with van der Waals surface area (Å²) in [6.45, 7) is 2.01. The minimum absolute atomic E-state index is 0. The van der Waals surface area contributed by atoms with Crippen LogP contribution in [0.3, 0.4) is 0 Å². The highest BCUT2D eigenvalue weighted by molar-refractivity contribution is 7.17. The molecule has 0 bridgehead atoms. The average Bonchev–Trinajstić information content (AvgIpc) is 3.00. The van der Waals surface area contributed by atoms with Crippen molar-refractivity contribution in [3.63, 3.8) is 0 Å². The molecule has 0 saturated carbocycles. The van der Waals surface area contributed by atoms with Crippen LogP contribution in [0.15, 0.2) is 30.5 Å². The molecule has 1 aromatic heterocycles. The molecule has 0 radical (unpaired) electrons. The standard InChI is InChI=1S/C15H16FN3OS.2ClH/c16-11-4-6-12(7-5-11)18-14(20)13-10-17-15(21-13)19-8-2-1-3-9-19;;/h4-7,10H,1-3,8-9H2,(H,18,20);2*1H. The van der Waals surface area contributed by atoms with Gasteiger partial charge in [-0.3, -0.25) is 4.79 Å². The second-order valence-corrected chi connectivity index (χ2v) is 6.02. The fourth-order valence-corrected chi connectivity index (χ4v) is 3.19. The molecule has 126 valence electrons. The van der Waals surface area contributed by atoms with Crippen molar-refractivity contribution < 1.29 is 9.18 Å². The Morgan fingerprint density at radius 1 is 1.13 bits per heavy atom. The lowest BCUT2D eigenvalue weighted by Crippen LogP contribution is -2.29. The second kappa shape index (κ2) is 9.05. The van der Waals surface area contributed by atoms with Gasteiger partial charge in [-0.15, -0.1) is 24.8 Å². The first-order valence-corrected chi connectivity index (χ1v) is 7.82. The molecule has 0 atom stereocenters. The van der Waals surface area contributed by atoms with Crippen molar-refractivity contribution in [2.24, 2.45) is 0 Å². The number of anilines is 2. The molecule has 0 aliphatic carbocycles. The lowest BCUT2D eigenvalue weighted by Gasteiger charge is -2.25. The topological polar surface area (TPSA) is 45.2 Å². The molecule has 0 spiro atoms. The van der Waals surface area contributed by atoms with E-state index in [0.717, 1.165) is 18.2 Å². The number of carbonyl (C=O) groups excluding carboxylic acids is 1. The highest BCUT2D eigenvalue weighted by Gasteiger charge is 2.17. The third kappa shape index (κ3) is 5.06. The zero-order valence-corrected chi connectivity index (χ0v) is 14.8. The van der Waals surface area contributed by atoms with Gasteiger partial charge in [0, 0.05) is 18.8 Å². The van der Waals surface area contributed by atoms with Gasteiger partial charge in [0.1, 0.15) is 10.7 Å². The number of nitrogens with zero attached hydrogens (tertiary/aromatic N) is 2. The largest absolute Gasteiger partial charge is 0.348 e. The molecule has 23 heavy (non-hydrogen) atoms. The molecule has 2 aromatic rings. The molecular weight excluding hydrogens is 360 g/mol. The summed E-state index contributed by atoms with van der Waals surface area (Å²) >= 11 is 1.40. The predicted molar refractivity (Wildman–Crippen MR) is 97.0 cm³/mol. The maximum absolute atomic E-state index is 12.8. The number of rotatable bonds is 3. The van der Waals surface area contributed by atoms with Crippen LogP contribution in [-0.2, 0) is 0 Å². The Morgan fingerprint density at radius 3 is 2.43 bits per heavy atom. The van der Waals surface area contributed by atoms with Crippen molar-refractivity contribution >= 4 is 52.9 Å². The molecule has 1 aromatic carbocycles. The summed E-state index contributed by atoms with van der Waals surface area (Å²) in [5.41, 5.74) is 0.578. The van der Waals surface area contributed by atoms with Gasteiger partial charge < -0.3 is 10.2 Å². The van der Waals surface area contributed by atoms with Crippen molar-refractivity contribution in [1.29, 1.82) is 0 Å². The van der Waals surface area contributed by atoms with Crippen molar-refractivity contribution in [2.75, 3.05) is 23.3 Å². The minimum Gasteiger partial charge on any atom is -0.348 e. The van der Waals surface area contributed by atoms with E-state index in [0.29, 0.717) is 10.6 Å². The van der Waals surface area contributed by atoms with E-state index in [-0.39, 0.29) is 36.5 Å². The molecule has 1 amide bonds. The van der Waals surface area contributed by atoms with Crippen molar-refractivity contribution in [1.82, 2.24) is 4.98 Å². The summed E-state index contributed by atoms with van der Waals surface area (Å²) in [7, 11) is 0. The van der Waals surface area contributed by atoms with Crippen molar-refractivity contribution in [3.8, 4) is 0 Å². The van der Waals surface area contributed by atoms with Crippen molar-refractivity contribution in [2.45, 2.75) is 19.3 Å². The summed E-state index contributed by atoms with van der Waals surface area (Å²) in [6.07, 6.45) is 5.22. The molecule has 1 N–H and O–H groups in total. The number of benzene rings is 1. The van der Waals surface area contributed by atoms with Crippen LogP contribution < -0.4 is 10.2 Å². The normalized spacial score (nSPS) is 13.7. The van der Waals surface area contributed by atoms with Crippen molar-refractivity contribution in [3.05, 3.63) is 41.2 Å². The van der Waals surface area contributed by atoms with E-state index in [2.05, 4.69) is 15.2 Å². The van der Waals surface area contributed by atoms with Gasteiger partial charge in [0.25, 0.3) is 5.91 Å². The van der Waals surface area contributed by atoms with Gasteiger partial charge in [0.15, 0.2) is 5.13 Å². The Labute approximate surface area is 150 Å². The summed E-state index contributed by atoms with van der Waals surface area (Å²) < 4.78 is 12.8. The van der Waals surface area contributed by atoms with E-state index in [1.165, 1.54) is 42.7 Å². The number of nitrogens with one attached hydrogen (secondary N) is 1.